The van der Waals surface area contributed by atoms with Gasteiger partial charge in [-0.3, -0.25) is 24.6 Å². The third-order valence-corrected chi connectivity index (χ3v) is 11.1. The number of nitrogens with two attached hydrogens (primary N) is 1. The summed E-state index contributed by atoms with van der Waals surface area (Å²) >= 11 is 2.42. The topological polar surface area (TPSA) is 317 Å². The van der Waals surface area contributed by atoms with Gasteiger partial charge in [-0.15, -0.1) is 16.9 Å². The van der Waals surface area contributed by atoms with Gasteiger partial charge in [0.15, 0.2) is 0 Å². The maximum atomic E-state index is 13.8. The van der Waals surface area contributed by atoms with Crippen molar-refractivity contribution in [2.45, 2.75) is 28.5 Å². The summed E-state index contributed by atoms with van der Waals surface area (Å²) in [6.07, 6.45) is 1.21. The number of sulfonamides is 1. The largest absolute Gasteiger partial charge is 0.480 e. The van der Waals surface area contributed by atoms with E-state index in [0.717, 1.165) is 11.2 Å². The number of imide groups is 1. The average molecular weight is 783 g/mol. The monoisotopic (exact) mass is 782 g/mol. The maximum Gasteiger partial charge on any atom is 0.411 e. The fraction of sp³-hybridized carbons (Fsp3) is 0.370. The fourth-order valence-electron chi connectivity index (χ4n) is 5.12. The van der Waals surface area contributed by atoms with E-state index in [4.69, 9.17) is 15.6 Å². The lowest BCUT2D eigenvalue weighted by atomic mass is 10.0. The number of carboxylic acid groups (broad SMARTS) is 2. The molecule has 3 aliphatic rings. The summed E-state index contributed by atoms with van der Waals surface area (Å²) in [7, 11) is -4.00. The molecule has 2 fully saturated rings. The highest BCUT2D eigenvalue weighted by Crippen LogP contribution is 2.41. The number of ether oxygens (including phenoxy) is 1. The minimum absolute atomic E-state index is 0.0856. The first-order valence-corrected chi connectivity index (χ1v) is 18.8. The number of carbonyl (C=O) groups excluding carboxylic acids is 5. The first-order chi connectivity index (χ1) is 24.6. The molecule has 2 saturated heterocycles. The Bertz CT molecular complexity index is 1930. The number of β-lactam (4-membered cyclic amide) rings is 1. The maximum absolute atomic E-state index is 13.8. The Kier molecular flexibility index (Phi) is 11.3. The van der Waals surface area contributed by atoms with Gasteiger partial charge in [0.25, 0.3) is 5.91 Å². The SMILES string of the molecule is CS(=O)(=O)N1CCN(C(=O)N[C@@H](C(=O)N[C@@H]2C(=O)N3C(C(=O)O)=C(CSc4cn[nH]n4)CS[C@@H]23)c2ccc(NC(=O)OC[C@@H](N)C(=O)O)cc2)C1=O. The predicted molar refractivity (Wildman–Crippen MR) is 179 cm³/mol. The molecule has 52 heavy (non-hydrogen) atoms. The molecule has 8 N–H and O–H groups in total. The number of carboxylic acids is 2. The minimum atomic E-state index is -4.00. The zero-order chi connectivity index (χ0) is 37.9. The summed E-state index contributed by atoms with van der Waals surface area (Å²) in [5, 5.41) is 35.9. The van der Waals surface area contributed by atoms with Crippen LogP contribution in [0.2, 0.25) is 0 Å². The van der Waals surface area contributed by atoms with Crippen LogP contribution in [0, 0.1) is 0 Å². The summed E-state index contributed by atoms with van der Waals surface area (Å²) in [6.45, 7) is -1.26. The number of fused-ring (bicyclic) bond motifs is 1. The molecule has 1 aromatic heterocycles. The van der Waals surface area contributed by atoms with Crippen LogP contribution in [0.3, 0.4) is 0 Å². The van der Waals surface area contributed by atoms with Gasteiger partial charge >= 0.3 is 30.1 Å². The number of aliphatic carboxylic acids is 2. The Hall–Kier alpha value is -5.40. The Morgan fingerprint density at radius 1 is 1.15 bits per heavy atom. The summed E-state index contributed by atoms with van der Waals surface area (Å²) in [6, 6.07) is -1.30. The summed E-state index contributed by atoms with van der Waals surface area (Å²) in [4.78, 5) is 90.0. The number of aromatic nitrogens is 3. The van der Waals surface area contributed by atoms with E-state index in [2.05, 4.69) is 31.4 Å². The molecule has 1 aromatic carbocycles. The fourth-order valence-corrected chi connectivity index (χ4v) is 8.18. The van der Waals surface area contributed by atoms with Gasteiger partial charge in [-0.2, -0.15) is 10.3 Å². The third-order valence-electron chi connectivity index (χ3n) is 7.68. The zero-order valence-corrected chi connectivity index (χ0v) is 29.2. The Morgan fingerprint density at radius 2 is 1.87 bits per heavy atom. The second-order valence-corrected chi connectivity index (χ2v) is 15.2. The van der Waals surface area contributed by atoms with Gasteiger partial charge in [0.2, 0.25) is 15.9 Å². The number of hydrogen-bond donors (Lipinski definition) is 7. The molecule has 0 aliphatic carbocycles. The molecule has 0 saturated carbocycles. The standard InChI is InChI=1S/C27H30N10O12S3/c1-52(47,48)36-7-6-35(27(36)46)25(44)32-17(12-2-4-14(5-3-12)30-26(45)49-9-15(28)23(40)41)20(38)31-18-21(39)37-19(24(42)43)13(11-51-22(18)37)10-50-16-8-29-34-33-16/h2-5,8,15,17-18,22H,6-7,9-11,28H2,1H3,(H,30,45)(H,31,38)(H,32,44)(H,40,41)(H,42,43)(H,29,33,34)/t15-,17-,18-,22+/m1/s1. The Morgan fingerprint density at radius 3 is 2.46 bits per heavy atom. The van der Waals surface area contributed by atoms with Crippen LogP contribution in [0.1, 0.15) is 11.6 Å². The van der Waals surface area contributed by atoms with Crippen molar-refractivity contribution < 1.29 is 56.9 Å². The number of nitrogens with one attached hydrogen (secondary N) is 4. The quantitative estimate of drug-likeness (QED) is 0.0921. The van der Waals surface area contributed by atoms with E-state index in [1.807, 2.05) is 0 Å². The molecule has 2 aromatic rings. The highest BCUT2D eigenvalue weighted by atomic mass is 32.2. The van der Waals surface area contributed by atoms with Gasteiger partial charge in [-0.25, -0.2) is 36.8 Å². The molecule has 0 unspecified atom stereocenters. The lowest BCUT2D eigenvalue weighted by Crippen LogP contribution is -2.71. The van der Waals surface area contributed by atoms with Gasteiger partial charge in [-0.1, -0.05) is 23.9 Å². The zero-order valence-electron chi connectivity index (χ0n) is 26.7. The predicted octanol–water partition coefficient (Wildman–Crippen LogP) is -1.26. The number of anilines is 1. The molecule has 3 aliphatic heterocycles. The van der Waals surface area contributed by atoms with Crippen LogP contribution >= 0.6 is 23.5 Å². The van der Waals surface area contributed by atoms with Gasteiger partial charge in [0.05, 0.1) is 25.5 Å². The second kappa shape index (κ2) is 15.5. The lowest BCUT2D eigenvalue weighted by molar-refractivity contribution is -0.151. The lowest BCUT2D eigenvalue weighted by Gasteiger charge is -2.49. The number of aromatic amines is 1. The number of urea groups is 2. The summed E-state index contributed by atoms with van der Waals surface area (Å²) in [5.74, 6) is -3.98. The second-order valence-electron chi connectivity index (χ2n) is 11.2. The highest BCUT2D eigenvalue weighted by molar-refractivity contribution is 8.01. The smallest absolute Gasteiger partial charge is 0.411 e. The van der Waals surface area contributed by atoms with Gasteiger partial charge in [0.1, 0.15) is 40.8 Å². The highest BCUT2D eigenvalue weighted by Gasteiger charge is 2.54. The van der Waals surface area contributed by atoms with Crippen LogP contribution in [-0.2, 0) is 33.9 Å². The van der Waals surface area contributed by atoms with Crippen molar-refractivity contribution in [2.75, 3.05) is 42.8 Å². The summed E-state index contributed by atoms with van der Waals surface area (Å²) in [5.41, 5.74) is 5.75. The number of nitrogens with zero attached hydrogens (tertiary/aromatic N) is 5. The van der Waals surface area contributed by atoms with Gasteiger partial charge < -0.3 is 31.3 Å². The van der Waals surface area contributed by atoms with E-state index in [9.17, 15) is 47.1 Å². The molecule has 278 valence electrons. The molecular formula is C27H30N10O12S3. The molecular weight excluding hydrogens is 753 g/mol. The molecule has 22 nitrogen and oxygen atoms in total. The number of amides is 7. The molecule has 7 amide bonds. The van der Waals surface area contributed by atoms with Crippen LogP contribution in [0.5, 0.6) is 0 Å². The van der Waals surface area contributed by atoms with E-state index in [1.54, 1.807) is 0 Å². The number of rotatable bonds is 13. The minimum Gasteiger partial charge on any atom is -0.480 e. The normalized spacial score (nSPS) is 19.7. The van der Waals surface area contributed by atoms with Gasteiger partial charge in [0, 0.05) is 17.2 Å². The van der Waals surface area contributed by atoms with Crippen LogP contribution in [-0.4, -0.2) is 145 Å². The van der Waals surface area contributed by atoms with E-state index in [-0.39, 0.29) is 41.5 Å². The first kappa shape index (κ1) is 37.8. The van der Waals surface area contributed by atoms with Gasteiger partial charge in [-0.05, 0) is 23.3 Å². The van der Waals surface area contributed by atoms with E-state index >= 15 is 0 Å². The molecule has 4 heterocycles. The Labute approximate surface area is 301 Å². The van der Waals surface area contributed by atoms with Crippen LogP contribution in [0.25, 0.3) is 0 Å². The van der Waals surface area contributed by atoms with Crippen molar-refractivity contribution in [1.82, 2.24) is 40.1 Å². The van der Waals surface area contributed by atoms with Crippen molar-refractivity contribution in [3.05, 3.63) is 47.3 Å². The molecule has 0 spiro atoms. The number of hydrogen-bond acceptors (Lipinski definition) is 15. The van der Waals surface area contributed by atoms with E-state index in [1.165, 1.54) is 54.0 Å². The molecule has 4 atom stereocenters. The van der Waals surface area contributed by atoms with Crippen molar-refractivity contribution in [2.24, 2.45) is 5.73 Å². The van der Waals surface area contributed by atoms with Crippen molar-refractivity contribution in [3.63, 3.8) is 0 Å². The number of benzene rings is 1. The van der Waals surface area contributed by atoms with Crippen LogP contribution < -0.4 is 21.7 Å². The molecule has 0 bridgehead atoms. The number of H-pyrrole nitrogens is 1. The van der Waals surface area contributed by atoms with E-state index < -0.39 is 82.0 Å². The molecule has 0 radical (unpaired) electrons. The number of carbonyl (C=O) groups is 7. The first-order valence-electron chi connectivity index (χ1n) is 14.9. The molecule has 25 heteroatoms. The van der Waals surface area contributed by atoms with Crippen molar-refractivity contribution in [3.8, 4) is 0 Å². The number of thioether (sulfide) groups is 2. The van der Waals surface area contributed by atoms with Crippen LogP contribution in [0.15, 0.2) is 46.8 Å². The van der Waals surface area contributed by atoms with Crippen molar-refractivity contribution in [1.29, 1.82) is 0 Å². The van der Waals surface area contributed by atoms with Crippen LogP contribution in [0.4, 0.5) is 20.1 Å². The summed E-state index contributed by atoms with van der Waals surface area (Å²) < 4.78 is 29.2. The third kappa shape index (κ3) is 8.21. The van der Waals surface area contributed by atoms with E-state index in [0.29, 0.717) is 19.8 Å². The Balaban J connectivity index is 1.32. The molecule has 5 rings (SSSR count). The average Bonchev–Trinajstić information content (AvgIpc) is 3.77. The van der Waals surface area contributed by atoms with Crippen molar-refractivity contribution >= 4 is 81.1 Å².